The Kier molecular flexibility index (Phi) is 2.99. The van der Waals surface area contributed by atoms with E-state index in [9.17, 15) is 14.4 Å². The molecule has 4 nitrogen and oxygen atoms in total. The Hall–Kier alpha value is -2.75. The molecule has 124 valence electrons. The third-order valence-corrected chi connectivity index (χ3v) is 5.96. The molecule has 25 heavy (non-hydrogen) atoms. The van der Waals surface area contributed by atoms with Gasteiger partial charge in [-0.25, -0.2) is 0 Å². The lowest BCUT2D eigenvalue weighted by atomic mass is 9.56. The summed E-state index contributed by atoms with van der Waals surface area (Å²) >= 11 is 0. The molecule has 0 unspecified atom stereocenters. The van der Waals surface area contributed by atoms with Gasteiger partial charge in [0.1, 0.15) is 5.78 Å². The van der Waals surface area contributed by atoms with Crippen LogP contribution >= 0.6 is 0 Å². The molecule has 2 fully saturated rings. The highest BCUT2D eigenvalue weighted by Crippen LogP contribution is 2.57. The third-order valence-electron chi connectivity index (χ3n) is 5.96. The molecule has 4 heteroatoms. The molecule has 1 aliphatic heterocycles. The Morgan fingerprint density at radius 3 is 2.20 bits per heavy atom. The van der Waals surface area contributed by atoms with E-state index in [1.807, 2.05) is 54.6 Å². The van der Waals surface area contributed by atoms with E-state index in [0.717, 1.165) is 16.7 Å². The highest BCUT2D eigenvalue weighted by Gasteiger charge is 2.62. The van der Waals surface area contributed by atoms with Crippen LogP contribution in [0.4, 0.5) is 0 Å². The molecule has 2 aromatic carbocycles. The predicted molar refractivity (Wildman–Crippen MR) is 90.5 cm³/mol. The number of imide groups is 1. The van der Waals surface area contributed by atoms with E-state index in [4.69, 9.17) is 0 Å². The Bertz CT molecular complexity index is 904. The van der Waals surface area contributed by atoms with Gasteiger partial charge in [0.15, 0.2) is 0 Å². The minimum atomic E-state index is -0.516. The lowest BCUT2D eigenvalue weighted by molar-refractivity contribution is -0.141. The van der Waals surface area contributed by atoms with Crippen LogP contribution in [0.1, 0.15) is 34.9 Å². The quantitative estimate of drug-likeness (QED) is 0.795. The summed E-state index contributed by atoms with van der Waals surface area (Å²) in [4.78, 5) is 40.1. The maximum Gasteiger partial charge on any atom is 0.234 e. The number of nitrogens with zero attached hydrogens (tertiary/aromatic N) is 1. The minimum absolute atomic E-state index is 0.104. The molecule has 2 amide bonds. The zero-order valence-electron chi connectivity index (χ0n) is 13.6. The van der Waals surface area contributed by atoms with Gasteiger partial charge in [0.25, 0.3) is 0 Å². The van der Waals surface area contributed by atoms with Gasteiger partial charge in [-0.3, -0.25) is 19.3 Å². The maximum absolute atomic E-state index is 13.1. The van der Waals surface area contributed by atoms with Crippen LogP contribution < -0.4 is 0 Å². The van der Waals surface area contributed by atoms with Crippen molar-refractivity contribution in [2.75, 3.05) is 0 Å². The first-order chi connectivity index (χ1) is 12.2. The van der Waals surface area contributed by atoms with Crippen LogP contribution in [0.15, 0.2) is 54.6 Å². The van der Waals surface area contributed by atoms with Crippen molar-refractivity contribution in [3.05, 3.63) is 71.3 Å². The van der Waals surface area contributed by atoms with Gasteiger partial charge in [-0.2, -0.15) is 0 Å². The lowest BCUT2D eigenvalue weighted by Gasteiger charge is -2.43. The molecule has 0 N–H and O–H groups in total. The van der Waals surface area contributed by atoms with Gasteiger partial charge in [0.05, 0.1) is 24.3 Å². The van der Waals surface area contributed by atoms with Gasteiger partial charge in [-0.05, 0) is 16.7 Å². The molecular formula is C21H17NO3. The summed E-state index contributed by atoms with van der Waals surface area (Å²) in [6, 6.07) is 17.3. The van der Waals surface area contributed by atoms with Gasteiger partial charge in [-0.1, -0.05) is 54.6 Å². The summed E-state index contributed by atoms with van der Waals surface area (Å²) in [6.07, 6.45) is 0.376. The standard InChI is InChI=1S/C21H17NO3/c23-16-10-15-13-8-4-5-9-14(13)17(16)19-18(15)20(24)22(21(19)25)11-12-6-2-1-3-7-12/h1-9,15,17-19H,10-11H2/t15-,17-,18-,19+/m1/s1. The lowest BCUT2D eigenvalue weighted by Crippen LogP contribution is -2.44. The van der Waals surface area contributed by atoms with Crippen molar-refractivity contribution in [2.45, 2.75) is 24.8 Å². The Balaban J connectivity index is 1.57. The summed E-state index contributed by atoms with van der Waals surface area (Å²) < 4.78 is 0. The summed E-state index contributed by atoms with van der Waals surface area (Å²) in [5.41, 5.74) is 2.96. The smallest absolute Gasteiger partial charge is 0.234 e. The average molecular weight is 331 g/mol. The Morgan fingerprint density at radius 2 is 1.44 bits per heavy atom. The largest absolute Gasteiger partial charge is 0.299 e. The first kappa shape index (κ1) is 14.6. The van der Waals surface area contributed by atoms with Gasteiger partial charge < -0.3 is 0 Å². The van der Waals surface area contributed by atoms with E-state index in [1.165, 1.54) is 4.90 Å². The van der Waals surface area contributed by atoms with Crippen LogP contribution in [0, 0.1) is 11.8 Å². The van der Waals surface area contributed by atoms with Crippen LogP contribution in [0.3, 0.4) is 0 Å². The minimum Gasteiger partial charge on any atom is -0.299 e. The van der Waals surface area contributed by atoms with Crippen molar-refractivity contribution >= 4 is 17.6 Å². The van der Waals surface area contributed by atoms with E-state index in [-0.39, 0.29) is 36.0 Å². The van der Waals surface area contributed by atoms with E-state index in [0.29, 0.717) is 6.42 Å². The fraction of sp³-hybridized carbons (Fsp3) is 0.286. The fourth-order valence-electron chi connectivity index (χ4n) is 4.94. The predicted octanol–water partition coefficient (Wildman–Crippen LogP) is 2.64. The second kappa shape index (κ2) is 5.12. The monoisotopic (exact) mass is 331 g/mol. The van der Waals surface area contributed by atoms with Crippen molar-refractivity contribution in [2.24, 2.45) is 11.8 Å². The second-order valence-electron chi connectivity index (χ2n) is 7.18. The molecule has 1 saturated heterocycles. The molecule has 1 saturated carbocycles. The Labute approximate surface area is 145 Å². The zero-order chi connectivity index (χ0) is 17.1. The zero-order valence-corrected chi connectivity index (χ0v) is 13.6. The molecular weight excluding hydrogens is 314 g/mol. The Morgan fingerprint density at radius 1 is 0.800 bits per heavy atom. The van der Waals surface area contributed by atoms with Gasteiger partial charge in [-0.15, -0.1) is 0 Å². The van der Waals surface area contributed by atoms with E-state index < -0.39 is 11.8 Å². The number of amides is 2. The number of carbonyl (C=O) groups is 3. The molecule has 4 aliphatic rings. The van der Waals surface area contributed by atoms with Gasteiger partial charge in [0, 0.05) is 12.3 Å². The van der Waals surface area contributed by atoms with Crippen molar-refractivity contribution in [3.63, 3.8) is 0 Å². The van der Waals surface area contributed by atoms with Crippen molar-refractivity contribution in [3.8, 4) is 0 Å². The normalized spacial score (nSPS) is 29.8. The molecule has 0 aromatic heterocycles. The summed E-state index contributed by atoms with van der Waals surface area (Å²) in [6.45, 7) is 0.287. The number of benzene rings is 2. The number of likely N-dealkylation sites (tertiary alicyclic amines) is 1. The molecule has 0 radical (unpaired) electrons. The van der Waals surface area contributed by atoms with Crippen LogP contribution in [0.25, 0.3) is 0 Å². The topological polar surface area (TPSA) is 54.5 Å². The number of fused-ring (bicyclic) bond motifs is 1. The molecule has 6 rings (SSSR count). The number of hydrogen-bond acceptors (Lipinski definition) is 3. The molecule has 2 bridgehead atoms. The van der Waals surface area contributed by atoms with Crippen LogP contribution in [0.2, 0.25) is 0 Å². The number of hydrogen-bond donors (Lipinski definition) is 0. The van der Waals surface area contributed by atoms with Crippen LogP contribution in [-0.2, 0) is 20.9 Å². The van der Waals surface area contributed by atoms with E-state index in [1.54, 1.807) is 0 Å². The molecule has 3 aliphatic carbocycles. The van der Waals surface area contributed by atoms with Crippen LogP contribution in [-0.4, -0.2) is 22.5 Å². The highest BCUT2D eigenvalue weighted by molar-refractivity contribution is 6.11. The fourth-order valence-corrected chi connectivity index (χ4v) is 4.94. The number of carbonyl (C=O) groups excluding carboxylic acids is 3. The first-order valence-corrected chi connectivity index (χ1v) is 8.67. The summed E-state index contributed by atoms with van der Waals surface area (Å²) in [5, 5.41) is 0. The van der Waals surface area contributed by atoms with Gasteiger partial charge >= 0.3 is 0 Å². The van der Waals surface area contributed by atoms with Crippen molar-refractivity contribution < 1.29 is 14.4 Å². The van der Waals surface area contributed by atoms with Crippen LogP contribution in [0.5, 0.6) is 0 Å². The molecule has 4 atom stereocenters. The second-order valence-corrected chi connectivity index (χ2v) is 7.18. The third kappa shape index (κ3) is 1.91. The SMILES string of the molecule is O=C1C[C@@H]2c3ccccc3[C@H]1[C@@H]1C(=O)N(Cc3ccccc3)C(=O)[C@@H]12. The molecule has 0 spiro atoms. The average Bonchev–Trinajstić information content (AvgIpc) is 2.89. The molecule has 2 aromatic rings. The number of ketones is 1. The number of rotatable bonds is 2. The molecule has 1 heterocycles. The van der Waals surface area contributed by atoms with Crippen molar-refractivity contribution in [1.29, 1.82) is 0 Å². The maximum atomic E-state index is 13.1. The van der Waals surface area contributed by atoms with Crippen molar-refractivity contribution in [1.82, 2.24) is 4.90 Å². The van der Waals surface area contributed by atoms with E-state index in [2.05, 4.69) is 0 Å². The first-order valence-electron chi connectivity index (χ1n) is 8.67. The van der Waals surface area contributed by atoms with E-state index >= 15 is 0 Å². The summed E-state index contributed by atoms with van der Waals surface area (Å²) in [5.74, 6) is -1.70. The highest BCUT2D eigenvalue weighted by atomic mass is 16.2. The summed E-state index contributed by atoms with van der Waals surface area (Å²) in [7, 11) is 0. The number of Topliss-reactive ketones (excluding diaryl/α,β-unsaturated/α-hetero) is 1. The van der Waals surface area contributed by atoms with Gasteiger partial charge in [0.2, 0.25) is 11.8 Å².